The lowest BCUT2D eigenvalue weighted by molar-refractivity contribution is -0.137. The molecule has 0 heterocycles. The van der Waals surface area contributed by atoms with Gasteiger partial charge in [-0.15, -0.1) is 11.8 Å². The lowest BCUT2D eigenvalue weighted by atomic mass is 10.3. The Bertz CT molecular complexity index is 503. The average Bonchev–Trinajstić information content (AvgIpc) is 3.22. The van der Waals surface area contributed by atoms with Crippen molar-refractivity contribution in [2.75, 3.05) is 24.7 Å². The van der Waals surface area contributed by atoms with Crippen LogP contribution in [0.4, 0.5) is 10.5 Å². The second-order valence-electron chi connectivity index (χ2n) is 4.85. The molecule has 20 heavy (non-hydrogen) atoms. The van der Waals surface area contributed by atoms with Gasteiger partial charge < -0.3 is 15.3 Å². The number of para-hydroxylation sites is 1. The van der Waals surface area contributed by atoms with Crippen molar-refractivity contribution in [3.05, 3.63) is 24.3 Å². The zero-order valence-electron chi connectivity index (χ0n) is 11.3. The minimum Gasteiger partial charge on any atom is -0.480 e. The summed E-state index contributed by atoms with van der Waals surface area (Å²) in [6.45, 7) is 0.253. The fourth-order valence-corrected chi connectivity index (χ4v) is 2.49. The van der Waals surface area contributed by atoms with Gasteiger partial charge in [0.1, 0.15) is 6.54 Å². The van der Waals surface area contributed by atoms with Gasteiger partial charge >= 0.3 is 12.0 Å². The smallest absolute Gasteiger partial charge is 0.323 e. The molecular formula is C14H18N2O3S. The summed E-state index contributed by atoms with van der Waals surface area (Å²) < 4.78 is 0. The molecule has 108 valence electrons. The third kappa shape index (κ3) is 4.16. The van der Waals surface area contributed by atoms with Gasteiger partial charge in [0.15, 0.2) is 0 Å². The van der Waals surface area contributed by atoms with Crippen LogP contribution in [0.1, 0.15) is 12.8 Å². The first-order valence-electron chi connectivity index (χ1n) is 6.51. The molecule has 0 spiro atoms. The predicted octanol–water partition coefficient (Wildman–Crippen LogP) is 2.74. The molecule has 2 amide bonds. The quantitative estimate of drug-likeness (QED) is 0.792. The van der Waals surface area contributed by atoms with Crippen molar-refractivity contribution in [1.82, 2.24) is 4.90 Å². The van der Waals surface area contributed by atoms with E-state index in [2.05, 4.69) is 5.32 Å². The number of nitrogens with one attached hydrogen (secondary N) is 1. The van der Waals surface area contributed by atoms with Crippen molar-refractivity contribution in [3.63, 3.8) is 0 Å². The summed E-state index contributed by atoms with van der Waals surface area (Å²) >= 11 is 1.54. The van der Waals surface area contributed by atoms with Crippen molar-refractivity contribution in [1.29, 1.82) is 0 Å². The van der Waals surface area contributed by atoms with Crippen molar-refractivity contribution in [2.45, 2.75) is 17.7 Å². The van der Waals surface area contributed by atoms with Gasteiger partial charge in [0.25, 0.3) is 0 Å². The number of thioether (sulfide) groups is 1. The van der Waals surface area contributed by atoms with E-state index in [1.807, 2.05) is 30.5 Å². The van der Waals surface area contributed by atoms with Crippen LogP contribution in [0.3, 0.4) is 0 Å². The van der Waals surface area contributed by atoms with E-state index in [0.29, 0.717) is 12.5 Å². The number of benzene rings is 1. The molecule has 1 saturated carbocycles. The minimum atomic E-state index is -0.987. The van der Waals surface area contributed by atoms with Crippen LogP contribution < -0.4 is 5.32 Å². The summed E-state index contributed by atoms with van der Waals surface area (Å²) in [4.78, 5) is 25.4. The number of amides is 2. The summed E-state index contributed by atoms with van der Waals surface area (Å²) in [5.41, 5.74) is 0.719. The number of aliphatic carboxylic acids is 1. The second kappa shape index (κ2) is 6.65. The highest BCUT2D eigenvalue weighted by molar-refractivity contribution is 7.98. The lowest BCUT2D eigenvalue weighted by Gasteiger charge is -2.21. The SMILES string of the molecule is CSc1ccccc1NC(=O)N(CC(=O)O)CC1CC1. The Balaban J connectivity index is 2.04. The number of hydrogen-bond donors (Lipinski definition) is 2. The Morgan fingerprint density at radius 3 is 2.70 bits per heavy atom. The lowest BCUT2D eigenvalue weighted by Crippen LogP contribution is -2.40. The number of rotatable bonds is 6. The number of urea groups is 1. The molecule has 0 radical (unpaired) electrons. The van der Waals surface area contributed by atoms with Crippen LogP contribution in [0.2, 0.25) is 0 Å². The standard InChI is InChI=1S/C14H18N2O3S/c1-20-12-5-3-2-4-11(12)15-14(19)16(9-13(17)18)8-10-6-7-10/h2-5,10H,6-9H2,1H3,(H,15,19)(H,17,18). The molecule has 0 aliphatic heterocycles. The first-order valence-corrected chi connectivity index (χ1v) is 7.73. The highest BCUT2D eigenvalue weighted by Gasteiger charge is 2.28. The van der Waals surface area contributed by atoms with Crippen LogP contribution in [-0.2, 0) is 4.79 Å². The number of nitrogens with zero attached hydrogens (tertiary/aromatic N) is 1. The molecule has 1 aromatic carbocycles. The summed E-state index contributed by atoms with van der Waals surface area (Å²) in [7, 11) is 0. The number of carboxylic acid groups (broad SMARTS) is 1. The normalized spacial score (nSPS) is 13.8. The molecule has 0 saturated heterocycles. The molecular weight excluding hydrogens is 276 g/mol. The first-order chi connectivity index (χ1) is 9.60. The van der Waals surface area contributed by atoms with E-state index < -0.39 is 5.97 Å². The Morgan fingerprint density at radius 2 is 2.10 bits per heavy atom. The summed E-state index contributed by atoms with van der Waals surface area (Å²) in [5, 5.41) is 11.7. The molecule has 1 fully saturated rings. The second-order valence-corrected chi connectivity index (χ2v) is 5.70. The van der Waals surface area contributed by atoms with E-state index in [-0.39, 0.29) is 12.6 Å². The third-order valence-electron chi connectivity index (χ3n) is 3.14. The number of hydrogen-bond acceptors (Lipinski definition) is 3. The van der Waals surface area contributed by atoms with Crippen LogP contribution in [-0.4, -0.2) is 41.4 Å². The van der Waals surface area contributed by atoms with E-state index in [9.17, 15) is 9.59 Å². The minimum absolute atomic E-state index is 0.260. The van der Waals surface area contributed by atoms with Crippen molar-refractivity contribution >= 4 is 29.4 Å². The van der Waals surface area contributed by atoms with Crippen molar-refractivity contribution < 1.29 is 14.7 Å². The Morgan fingerprint density at radius 1 is 1.40 bits per heavy atom. The van der Waals surface area contributed by atoms with Crippen LogP contribution >= 0.6 is 11.8 Å². The molecule has 1 aromatic rings. The molecule has 6 heteroatoms. The molecule has 0 bridgehead atoms. The topological polar surface area (TPSA) is 69.6 Å². The Labute approximate surface area is 122 Å². The van der Waals surface area contributed by atoms with Gasteiger partial charge in [-0.25, -0.2) is 4.79 Å². The fourth-order valence-electron chi connectivity index (χ4n) is 1.94. The highest BCUT2D eigenvalue weighted by atomic mass is 32.2. The molecule has 0 unspecified atom stereocenters. The molecule has 1 aliphatic carbocycles. The van der Waals surface area contributed by atoms with Gasteiger partial charge in [0, 0.05) is 11.4 Å². The van der Waals surface area contributed by atoms with Crippen LogP contribution in [0.25, 0.3) is 0 Å². The van der Waals surface area contributed by atoms with Gasteiger partial charge in [-0.2, -0.15) is 0 Å². The Kier molecular flexibility index (Phi) is 4.89. The van der Waals surface area contributed by atoms with Crippen molar-refractivity contribution in [2.24, 2.45) is 5.92 Å². The maximum Gasteiger partial charge on any atom is 0.323 e. The molecule has 5 nitrogen and oxygen atoms in total. The molecule has 1 aliphatic rings. The van der Waals surface area contributed by atoms with E-state index in [1.165, 1.54) is 16.7 Å². The monoisotopic (exact) mass is 294 g/mol. The van der Waals surface area contributed by atoms with Gasteiger partial charge in [0.2, 0.25) is 0 Å². The van der Waals surface area contributed by atoms with Gasteiger partial charge in [-0.1, -0.05) is 12.1 Å². The van der Waals surface area contributed by atoms with E-state index >= 15 is 0 Å². The Hall–Kier alpha value is -1.69. The number of carbonyl (C=O) groups is 2. The van der Waals surface area contributed by atoms with Gasteiger partial charge in [0.05, 0.1) is 5.69 Å². The average molecular weight is 294 g/mol. The zero-order valence-corrected chi connectivity index (χ0v) is 12.2. The number of carboxylic acids is 1. The number of anilines is 1. The summed E-state index contributed by atoms with van der Waals surface area (Å²) in [6.07, 6.45) is 4.08. The zero-order chi connectivity index (χ0) is 14.5. The fraction of sp³-hybridized carbons (Fsp3) is 0.429. The summed E-state index contributed by atoms with van der Waals surface area (Å²) in [6, 6.07) is 7.14. The predicted molar refractivity (Wildman–Crippen MR) is 79.2 cm³/mol. The van der Waals surface area contributed by atoms with Crippen molar-refractivity contribution in [3.8, 4) is 0 Å². The first kappa shape index (κ1) is 14.7. The van der Waals surface area contributed by atoms with Crippen LogP contribution in [0, 0.1) is 5.92 Å². The maximum absolute atomic E-state index is 12.2. The maximum atomic E-state index is 12.2. The molecule has 0 aromatic heterocycles. The summed E-state index contributed by atoms with van der Waals surface area (Å²) in [5.74, 6) is -0.533. The largest absolute Gasteiger partial charge is 0.480 e. The molecule has 2 N–H and O–H groups in total. The number of carbonyl (C=O) groups excluding carboxylic acids is 1. The highest BCUT2D eigenvalue weighted by Crippen LogP contribution is 2.30. The third-order valence-corrected chi connectivity index (χ3v) is 3.93. The van der Waals surface area contributed by atoms with Gasteiger partial charge in [-0.05, 0) is 37.1 Å². The molecule has 0 atom stereocenters. The molecule has 2 rings (SSSR count). The van der Waals surface area contributed by atoms with Gasteiger partial charge in [-0.3, -0.25) is 4.79 Å². The van der Waals surface area contributed by atoms with E-state index in [4.69, 9.17) is 5.11 Å². The van der Waals surface area contributed by atoms with Crippen LogP contribution in [0.5, 0.6) is 0 Å². The van der Waals surface area contributed by atoms with E-state index in [0.717, 1.165) is 23.4 Å². The van der Waals surface area contributed by atoms with Crippen LogP contribution in [0.15, 0.2) is 29.2 Å². The van der Waals surface area contributed by atoms with E-state index in [1.54, 1.807) is 0 Å².